The number of ether oxygens (including phenoxy) is 1. The zero-order valence-electron chi connectivity index (χ0n) is 10.7. The summed E-state index contributed by atoms with van der Waals surface area (Å²) >= 11 is 9.40. The van der Waals surface area contributed by atoms with Crippen molar-refractivity contribution in [1.82, 2.24) is 0 Å². The van der Waals surface area contributed by atoms with Gasteiger partial charge in [0.2, 0.25) is 0 Å². The summed E-state index contributed by atoms with van der Waals surface area (Å²) in [6.45, 7) is 0. The summed E-state index contributed by atoms with van der Waals surface area (Å²) in [6.07, 6.45) is 0.162. The average molecular weight is 362 g/mol. The van der Waals surface area contributed by atoms with Crippen LogP contribution in [-0.2, 0) is 6.42 Å². The Labute approximate surface area is 129 Å². The Bertz CT molecular complexity index is 599. The van der Waals surface area contributed by atoms with E-state index in [9.17, 15) is 8.78 Å². The first kappa shape index (κ1) is 15.3. The lowest BCUT2D eigenvalue weighted by Gasteiger charge is -2.15. The second-order valence-electron chi connectivity index (χ2n) is 4.26. The first-order chi connectivity index (χ1) is 9.52. The summed E-state index contributed by atoms with van der Waals surface area (Å²) in [5, 5.41) is 0.541. The molecule has 106 valence electrons. The molecule has 0 aliphatic heterocycles. The van der Waals surface area contributed by atoms with Crippen LogP contribution < -0.4 is 4.74 Å². The second kappa shape index (κ2) is 6.55. The van der Waals surface area contributed by atoms with Gasteiger partial charge in [0.15, 0.2) is 0 Å². The Morgan fingerprint density at radius 1 is 1.20 bits per heavy atom. The second-order valence-corrected chi connectivity index (χ2v) is 5.80. The third kappa shape index (κ3) is 3.30. The highest BCUT2D eigenvalue weighted by atomic mass is 79.9. The van der Waals surface area contributed by atoms with Crippen LogP contribution in [0.5, 0.6) is 5.75 Å². The summed E-state index contributed by atoms with van der Waals surface area (Å²) in [7, 11) is 1.54. The van der Waals surface area contributed by atoms with Gasteiger partial charge in [-0.1, -0.05) is 33.6 Å². The maximum Gasteiger partial charge on any atom is 0.129 e. The lowest BCUT2D eigenvalue weighted by molar-refractivity contribution is 0.409. The van der Waals surface area contributed by atoms with Crippen LogP contribution in [0.4, 0.5) is 8.78 Å². The number of hydrogen-bond donors (Lipinski definition) is 0. The highest BCUT2D eigenvalue weighted by Gasteiger charge is 2.18. The molecule has 0 saturated heterocycles. The molecule has 0 aliphatic rings. The Morgan fingerprint density at radius 2 is 1.85 bits per heavy atom. The molecule has 1 atom stereocenters. The largest absolute Gasteiger partial charge is 0.496 e. The van der Waals surface area contributed by atoms with Crippen molar-refractivity contribution in [3.63, 3.8) is 0 Å². The molecule has 5 heteroatoms. The molecule has 1 unspecified atom stereocenters. The van der Waals surface area contributed by atoms with Gasteiger partial charge in [-0.25, -0.2) is 8.78 Å². The van der Waals surface area contributed by atoms with Crippen LogP contribution in [0, 0.1) is 11.6 Å². The Kier molecular flexibility index (Phi) is 5.00. The van der Waals surface area contributed by atoms with E-state index in [0.29, 0.717) is 10.8 Å². The number of methoxy groups -OCH3 is 1. The van der Waals surface area contributed by atoms with Crippen LogP contribution in [0.3, 0.4) is 0 Å². The van der Waals surface area contributed by atoms with Crippen molar-refractivity contribution in [2.75, 3.05) is 7.11 Å². The number of rotatable bonds is 4. The van der Waals surface area contributed by atoms with Gasteiger partial charge in [-0.05, 0) is 36.8 Å². The molecule has 0 saturated carbocycles. The van der Waals surface area contributed by atoms with E-state index in [0.717, 1.165) is 5.56 Å². The van der Waals surface area contributed by atoms with Crippen molar-refractivity contribution >= 4 is 27.5 Å². The standard InChI is InChI=1S/C15H12BrClF2O/c1-20-15-6-5-9(17)7-10(15)12(16)8-11-13(18)3-2-4-14(11)19/h2-7,12H,8H2,1H3. The van der Waals surface area contributed by atoms with Gasteiger partial charge in [0.1, 0.15) is 17.4 Å². The molecule has 0 aromatic heterocycles. The SMILES string of the molecule is COc1ccc(Cl)cc1C(Br)Cc1c(F)cccc1F. The van der Waals surface area contributed by atoms with Crippen LogP contribution in [-0.4, -0.2) is 7.11 Å². The molecule has 0 heterocycles. The van der Waals surface area contributed by atoms with Crippen LogP contribution in [0.1, 0.15) is 16.0 Å². The molecule has 0 fully saturated rings. The van der Waals surface area contributed by atoms with Crippen molar-refractivity contribution < 1.29 is 13.5 Å². The van der Waals surface area contributed by atoms with Crippen molar-refractivity contribution in [2.45, 2.75) is 11.2 Å². The average Bonchev–Trinajstić information content (AvgIpc) is 2.43. The molecule has 0 radical (unpaired) electrons. The van der Waals surface area contributed by atoms with Gasteiger partial charge in [0, 0.05) is 21.0 Å². The molecular weight excluding hydrogens is 350 g/mol. The lowest BCUT2D eigenvalue weighted by atomic mass is 10.0. The third-order valence-corrected chi connectivity index (χ3v) is 4.03. The fourth-order valence-electron chi connectivity index (χ4n) is 1.97. The fourth-order valence-corrected chi connectivity index (χ4v) is 2.83. The number of hydrogen-bond acceptors (Lipinski definition) is 1. The van der Waals surface area contributed by atoms with E-state index in [1.807, 2.05) is 0 Å². The summed E-state index contributed by atoms with van der Waals surface area (Å²) in [6, 6.07) is 8.98. The third-order valence-electron chi connectivity index (χ3n) is 2.97. The van der Waals surface area contributed by atoms with Crippen LogP contribution >= 0.6 is 27.5 Å². The zero-order chi connectivity index (χ0) is 14.7. The first-order valence-corrected chi connectivity index (χ1v) is 7.22. The van der Waals surface area contributed by atoms with Gasteiger partial charge in [-0.15, -0.1) is 0 Å². The quantitative estimate of drug-likeness (QED) is 0.671. The maximum atomic E-state index is 13.7. The molecule has 0 amide bonds. The zero-order valence-corrected chi connectivity index (χ0v) is 13.0. The minimum Gasteiger partial charge on any atom is -0.496 e. The normalized spacial score (nSPS) is 12.2. The van der Waals surface area contributed by atoms with Gasteiger partial charge in [0.05, 0.1) is 7.11 Å². The molecular formula is C15H12BrClF2O. The van der Waals surface area contributed by atoms with Gasteiger partial charge < -0.3 is 4.74 Å². The van der Waals surface area contributed by atoms with Crippen molar-refractivity contribution in [3.8, 4) is 5.75 Å². The predicted molar refractivity (Wildman–Crippen MR) is 79.7 cm³/mol. The topological polar surface area (TPSA) is 9.23 Å². The summed E-state index contributed by atoms with van der Waals surface area (Å²) in [5.74, 6) is -0.501. The van der Waals surface area contributed by atoms with Gasteiger partial charge in [-0.3, -0.25) is 0 Å². The van der Waals surface area contributed by atoms with E-state index in [-0.39, 0.29) is 16.8 Å². The fraction of sp³-hybridized carbons (Fsp3) is 0.200. The molecule has 2 rings (SSSR count). The Morgan fingerprint density at radius 3 is 2.45 bits per heavy atom. The van der Waals surface area contributed by atoms with Crippen LogP contribution in [0.25, 0.3) is 0 Å². The Balaban J connectivity index is 2.33. The molecule has 20 heavy (non-hydrogen) atoms. The van der Waals surface area contributed by atoms with E-state index in [4.69, 9.17) is 16.3 Å². The molecule has 0 bridgehead atoms. The van der Waals surface area contributed by atoms with Crippen molar-refractivity contribution in [3.05, 3.63) is 64.2 Å². The lowest BCUT2D eigenvalue weighted by Crippen LogP contribution is -2.03. The number of alkyl halides is 1. The molecule has 2 aromatic rings. The smallest absolute Gasteiger partial charge is 0.129 e. The minimum absolute atomic E-state index is 0.0383. The van der Waals surface area contributed by atoms with E-state index in [1.165, 1.54) is 25.3 Å². The molecule has 0 aliphatic carbocycles. The first-order valence-electron chi connectivity index (χ1n) is 5.93. The highest BCUT2D eigenvalue weighted by Crippen LogP contribution is 2.36. The van der Waals surface area contributed by atoms with Gasteiger partial charge >= 0.3 is 0 Å². The predicted octanol–water partition coefficient (Wildman–Crippen LogP) is 5.31. The van der Waals surface area contributed by atoms with Crippen LogP contribution in [0.2, 0.25) is 5.02 Å². The summed E-state index contributed by atoms with van der Waals surface area (Å²) in [5.41, 5.74) is 0.791. The number of halogens is 4. The highest BCUT2D eigenvalue weighted by molar-refractivity contribution is 9.09. The minimum atomic E-state index is -0.560. The van der Waals surface area contributed by atoms with E-state index in [2.05, 4.69) is 15.9 Å². The van der Waals surface area contributed by atoms with Crippen molar-refractivity contribution in [2.24, 2.45) is 0 Å². The monoisotopic (exact) mass is 360 g/mol. The van der Waals surface area contributed by atoms with Crippen molar-refractivity contribution in [1.29, 1.82) is 0 Å². The van der Waals surface area contributed by atoms with Crippen LogP contribution in [0.15, 0.2) is 36.4 Å². The molecule has 2 aromatic carbocycles. The molecule has 1 nitrogen and oxygen atoms in total. The Hall–Kier alpha value is -1.13. The van der Waals surface area contributed by atoms with Gasteiger partial charge in [0.25, 0.3) is 0 Å². The van der Waals surface area contributed by atoms with E-state index < -0.39 is 11.6 Å². The molecule has 0 N–H and O–H groups in total. The summed E-state index contributed by atoms with van der Waals surface area (Å²) < 4.78 is 32.6. The maximum absolute atomic E-state index is 13.7. The number of benzene rings is 2. The van der Waals surface area contributed by atoms with E-state index >= 15 is 0 Å². The molecule has 0 spiro atoms. The van der Waals surface area contributed by atoms with E-state index in [1.54, 1.807) is 18.2 Å². The summed E-state index contributed by atoms with van der Waals surface area (Å²) in [4.78, 5) is -0.303. The van der Waals surface area contributed by atoms with Gasteiger partial charge in [-0.2, -0.15) is 0 Å².